The van der Waals surface area contributed by atoms with Crippen LogP contribution in [0, 0.1) is 0 Å². The lowest BCUT2D eigenvalue weighted by molar-refractivity contribution is -0.142. The number of nitrogens with zero attached hydrogens (tertiary/aromatic N) is 2. The van der Waals surface area contributed by atoms with E-state index in [-0.39, 0.29) is 11.5 Å². The molecule has 1 heterocycles. The molecule has 1 aliphatic rings. The number of hydrogen-bond acceptors (Lipinski definition) is 7. The molecule has 2 aromatic carbocycles. The predicted octanol–water partition coefficient (Wildman–Crippen LogP) is 1.76. The molecule has 0 atom stereocenters. The Balaban J connectivity index is 1.64. The zero-order chi connectivity index (χ0) is 20.9. The Kier molecular flexibility index (Phi) is 6.60. The van der Waals surface area contributed by atoms with Gasteiger partial charge in [-0.05, 0) is 36.4 Å². The number of para-hydroxylation sites is 2. The van der Waals surface area contributed by atoms with Crippen LogP contribution in [0.3, 0.4) is 0 Å². The first-order valence-electron chi connectivity index (χ1n) is 9.13. The van der Waals surface area contributed by atoms with Crippen LogP contribution >= 0.6 is 0 Å². The second-order valence-corrected chi connectivity index (χ2v) is 8.34. The molecule has 29 heavy (non-hydrogen) atoms. The summed E-state index contributed by atoms with van der Waals surface area (Å²) in [5.74, 6) is 0.663. The van der Waals surface area contributed by atoms with Crippen molar-refractivity contribution in [2.45, 2.75) is 4.90 Å². The number of methoxy groups -OCH3 is 2. The van der Waals surface area contributed by atoms with Crippen LogP contribution in [0.2, 0.25) is 0 Å². The molecule has 0 aromatic heterocycles. The molecule has 1 aliphatic heterocycles. The van der Waals surface area contributed by atoms with Gasteiger partial charge in [-0.2, -0.15) is 4.31 Å². The minimum absolute atomic E-state index is 0.189. The van der Waals surface area contributed by atoms with Crippen LogP contribution in [0.1, 0.15) is 0 Å². The van der Waals surface area contributed by atoms with Crippen LogP contribution in [0.4, 0.5) is 5.69 Å². The van der Waals surface area contributed by atoms with E-state index in [9.17, 15) is 13.2 Å². The third-order valence-electron chi connectivity index (χ3n) is 4.71. The quantitative estimate of drug-likeness (QED) is 0.631. The first-order valence-corrected chi connectivity index (χ1v) is 10.6. The molecule has 0 aliphatic carbocycles. The Labute approximate surface area is 170 Å². The molecule has 0 N–H and O–H groups in total. The van der Waals surface area contributed by atoms with Crippen LogP contribution < -0.4 is 14.4 Å². The summed E-state index contributed by atoms with van der Waals surface area (Å²) in [4.78, 5) is 13.4. The number of hydrogen-bond donors (Lipinski definition) is 0. The molecule has 2 aromatic rings. The fourth-order valence-corrected chi connectivity index (χ4v) is 4.54. The number of carbonyl (C=O) groups excluding carboxylic acids is 1. The van der Waals surface area contributed by atoms with Gasteiger partial charge in [0.05, 0.1) is 24.8 Å². The summed E-state index contributed by atoms with van der Waals surface area (Å²) < 4.78 is 42.5. The standard InChI is InChI=1S/C20H24N2O6S/c1-26-19-6-4-3-5-18(19)21-11-13-22(14-12-21)29(24,25)17-9-7-16(8-10-17)28-15-20(23)27-2/h3-10H,11-15H2,1-2H3. The summed E-state index contributed by atoms with van der Waals surface area (Å²) in [5, 5.41) is 0. The molecule has 0 radical (unpaired) electrons. The Hall–Kier alpha value is -2.78. The number of esters is 1. The van der Waals surface area contributed by atoms with Gasteiger partial charge in [-0.15, -0.1) is 0 Å². The molecule has 9 heteroatoms. The lowest BCUT2D eigenvalue weighted by atomic mass is 10.2. The highest BCUT2D eigenvalue weighted by atomic mass is 32.2. The lowest BCUT2D eigenvalue weighted by Gasteiger charge is -2.35. The van der Waals surface area contributed by atoms with E-state index in [4.69, 9.17) is 9.47 Å². The Morgan fingerprint density at radius 3 is 2.24 bits per heavy atom. The molecule has 0 unspecified atom stereocenters. The van der Waals surface area contributed by atoms with Crippen molar-refractivity contribution in [2.24, 2.45) is 0 Å². The van der Waals surface area contributed by atoms with Crippen molar-refractivity contribution in [3.63, 3.8) is 0 Å². The van der Waals surface area contributed by atoms with Gasteiger partial charge in [0.2, 0.25) is 10.0 Å². The van der Waals surface area contributed by atoms with Crippen molar-refractivity contribution in [1.82, 2.24) is 4.31 Å². The maximum atomic E-state index is 12.9. The fourth-order valence-electron chi connectivity index (χ4n) is 3.12. The van der Waals surface area contributed by atoms with E-state index < -0.39 is 16.0 Å². The van der Waals surface area contributed by atoms with Gasteiger partial charge < -0.3 is 19.1 Å². The minimum Gasteiger partial charge on any atom is -0.495 e. The van der Waals surface area contributed by atoms with E-state index in [1.807, 2.05) is 24.3 Å². The Bertz CT molecular complexity index is 938. The third kappa shape index (κ3) is 4.80. The van der Waals surface area contributed by atoms with E-state index in [0.717, 1.165) is 11.4 Å². The van der Waals surface area contributed by atoms with Gasteiger partial charge in [0.1, 0.15) is 11.5 Å². The van der Waals surface area contributed by atoms with Gasteiger partial charge in [-0.25, -0.2) is 13.2 Å². The highest BCUT2D eigenvalue weighted by Gasteiger charge is 2.29. The van der Waals surface area contributed by atoms with Crippen molar-refractivity contribution >= 4 is 21.7 Å². The molecule has 0 amide bonds. The van der Waals surface area contributed by atoms with Crippen LogP contribution in [-0.4, -0.2) is 65.7 Å². The maximum absolute atomic E-state index is 12.9. The van der Waals surface area contributed by atoms with Gasteiger partial charge in [-0.1, -0.05) is 12.1 Å². The normalized spacial score (nSPS) is 15.0. The maximum Gasteiger partial charge on any atom is 0.343 e. The van der Waals surface area contributed by atoms with Crippen molar-refractivity contribution in [1.29, 1.82) is 0 Å². The average Bonchev–Trinajstić information content (AvgIpc) is 2.77. The topological polar surface area (TPSA) is 85.4 Å². The second kappa shape index (κ2) is 9.15. The summed E-state index contributed by atoms with van der Waals surface area (Å²) in [5.41, 5.74) is 0.958. The summed E-state index contributed by atoms with van der Waals surface area (Å²) in [7, 11) is -0.712. The highest BCUT2D eigenvalue weighted by Crippen LogP contribution is 2.29. The molecule has 156 valence electrons. The van der Waals surface area contributed by atoms with E-state index >= 15 is 0 Å². The second-order valence-electron chi connectivity index (χ2n) is 6.40. The molecule has 1 fully saturated rings. The van der Waals surface area contributed by atoms with E-state index in [0.29, 0.717) is 31.9 Å². The molecule has 0 saturated carbocycles. The predicted molar refractivity (Wildman–Crippen MR) is 108 cm³/mol. The summed E-state index contributed by atoms with van der Waals surface area (Å²) in [6.07, 6.45) is 0. The monoisotopic (exact) mass is 420 g/mol. The van der Waals surface area contributed by atoms with Crippen molar-refractivity contribution in [3.05, 3.63) is 48.5 Å². The van der Waals surface area contributed by atoms with Crippen LogP contribution in [0.25, 0.3) is 0 Å². The Morgan fingerprint density at radius 1 is 0.966 bits per heavy atom. The van der Waals surface area contributed by atoms with Gasteiger partial charge in [-0.3, -0.25) is 0 Å². The van der Waals surface area contributed by atoms with Gasteiger partial charge in [0.15, 0.2) is 6.61 Å². The Morgan fingerprint density at radius 2 is 1.62 bits per heavy atom. The first kappa shape index (κ1) is 20.9. The van der Waals surface area contributed by atoms with Crippen LogP contribution in [-0.2, 0) is 19.6 Å². The zero-order valence-corrected chi connectivity index (χ0v) is 17.2. The fraction of sp³-hybridized carbons (Fsp3) is 0.350. The minimum atomic E-state index is -3.61. The van der Waals surface area contributed by atoms with Gasteiger partial charge in [0, 0.05) is 26.2 Å². The highest BCUT2D eigenvalue weighted by molar-refractivity contribution is 7.89. The number of carbonyl (C=O) groups is 1. The number of anilines is 1. The third-order valence-corrected chi connectivity index (χ3v) is 6.62. The average molecular weight is 420 g/mol. The SMILES string of the molecule is COC(=O)COc1ccc(S(=O)(=O)N2CCN(c3ccccc3OC)CC2)cc1. The molecular formula is C20H24N2O6S. The molecule has 0 spiro atoms. The van der Waals surface area contributed by atoms with Crippen LogP contribution in [0.15, 0.2) is 53.4 Å². The summed E-state index contributed by atoms with van der Waals surface area (Å²) in [6, 6.07) is 13.7. The van der Waals surface area contributed by atoms with E-state index in [1.165, 1.54) is 35.7 Å². The number of sulfonamides is 1. The largest absolute Gasteiger partial charge is 0.495 e. The van der Waals surface area contributed by atoms with E-state index in [1.54, 1.807) is 7.11 Å². The molecule has 3 rings (SSSR count). The van der Waals surface area contributed by atoms with Crippen LogP contribution in [0.5, 0.6) is 11.5 Å². The van der Waals surface area contributed by atoms with Crippen molar-refractivity contribution < 1.29 is 27.4 Å². The van der Waals surface area contributed by atoms with Crippen molar-refractivity contribution in [3.8, 4) is 11.5 Å². The molecular weight excluding hydrogens is 396 g/mol. The number of rotatable bonds is 7. The zero-order valence-electron chi connectivity index (χ0n) is 16.4. The van der Waals surface area contributed by atoms with Gasteiger partial charge in [0.25, 0.3) is 0 Å². The number of benzene rings is 2. The number of ether oxygens (including phenoxy) is 3. The molecule has 0 bridgehead atoms. The van der Waals surface area contributed by atoms with Crippen molar-refractivity contribution in [2.75, 3.05) is 51.9 Å². The molecule has 1 saturated heterocycles. The smallest absolute Gasteiger partial charge is 0.343 e. The van der Waals surface area contributed by atoms with Gasteiger partial charge >= 0.3 is 5.97 Å². The lowest BCUT2D eigenvalue weighted by Crippen LogP contribution is -2.48. The first-order chi connectivity index (χ1) is 14.0. The van der Waals surface area contributed by atoms with E-state index in [2.05, 4.69) is 9.64 Å². The number of piperazine rings is 1. The summed E-state index contributed by atoms with van der Waals surface area (Å²) in [6.45, 7) is 1.66. The molecule has 8 nitrogen and oxygen atoms in total. The summed E-state index contributed by atoms with van der Waals surface area (Å²) >= 11 is 0.